The second kappa shape index (κ2) is 10.9. The second-order valence-corrected chi connectivity index (χ2v) is 9.88. The molecule has 2 N–H and O–H groups in total. The highest BCUT2D eigenvalue weighted by Gasteiger charge is 2.47. The van der Waals surface area contributed by atoms with Crippen molar-refractivity contribution in [1.82, 2.24) is 15.2 Å². The highest BCUT2D eigenvalue weighted by Crippen LogP contribution is 2.32. The largest absolute Gasteiger partial charge is 0.378 e. The van der Waals surface area contributed by atoms with Crippen LogP contribution in [0.3, 0.4) is 0 Å². The smallest absolute Gasteiger partial charge is 0.325 e. The number of urea groups is 1. The van der Waals surface area contributed by atoms with Crippen molar-refractivity contribution in [3.8, 4) is 0 Å². The van der Waals surface area contributed by atoms with E-state index in [0.29, 0.717) is 12.0 Å². The maximum atomic E-state index is 13.6. The number of nitrogens with zero attached hydrogens (tertiary/aromatic N) is 3. The first-order valence-corrected chi connectivity index (χ1v) is 12.8. The van der Waals surface area contributed by atoms with Gasteiger partial charge in [-0.05, 0) is 23.3 Å². The molecule has 1 aliphatic heterocycles. The van der Waals surface area contributed by atoms with E-state index in [1.54, 1.807) is 31.4 Å². The fraction of sp³-hybridized carbons (Fsp3) is 0.296. The summed E-state index contributed by atoms with van der Waals surface area (Å²) in [5.41, 5.74) is 2.65. The van der Waals surface area contributed by atoms with Crippen molar-refractivity contribution in [2.24, 2.45) is 0 Å². The van der Waals surface area contributed by atoms with Gasteiger partial charge in [0.1, 0.15) is 17.8 Å². The summed E-state index contributed by atoms with van der Waals surface area (Å²) in [6.07, 6.45) is 0.296. The van der Waals surface area contributed by atoms with Crippen LogP contribution in [0.25, 0.3) is 0 Å². The van der Waals surface area contributed by atoms with Gasteiger partial charge in [0.15, 0.2) is 10.9 Å². The Bertz CT molecular complexity index is 1310. The number of amides is 4. The molecule has 1 aliphatic rings. The predicted molar refractivity (Wildman–Crippen MR) is 143 cm³/mol. The average Bonchev–Trinajstić information content (AvgIpc) is 3.48. The van der Waals surface area contributed by atoms with Crippen molar-refractivity contribution in [1.29, 1.82) is 0 Å². The molecule has 3 aromatic rings. The summed E-state index contributed by atoms with van der Waals surface area (Å²) < 4.78 is 0. The van der Waals surface area contributed by atoms with Crippen LogP contribution < -0.4 is 15.5 Å². The van der Waals surface area contributed by atoms with Crippen LogP contribution in [0.5, 0.6) is 0 Å². The van der Waals surface area contributed by atoms with Crippen LogP contribution in [0.4, 0.5) is 15.6 Å². The molecule has 3 atom stereocenters. The minimum atomic E-state index is -1.14. The van der Waals surface area contributed by atoms with Crippen LogP contribution >= 0.6 is 11.3 Å². The molecule has 1 aromatic heterocycles. The minimum Gasteiger partial charge on any atom is -0.378 e. The lowest BCUT2D eigenvalue weighted by Crippen LogP contribution is -2.50. The maximum absolute atomic E-state index is 13.6. The molecule has 2 aromatic carbocycles. The molecule has 2 heterocycles. The van der Waals surface area contributed by atoms with Crippen molar-refractivity contribution in [3.63, 3.8) is 0 Å². The maximum Gasteiger partial charge on any atom is 0.325 e. The lowest BCUT2D eigenvalue weighted by Gasteiger charge is -2.29. The molecule has 10 heteroatoms. The summed E-state index contributed by atoms with van der Waals surface area (Å²) >= 11 is 1.12. The lowest BCUT2D eigenvalue weighted by molar-refractivity contribution is -0.134. The number of carbonyl (C=O) groups is 4. The zero-order chi connectivity index (χ0) is 26.7. The Morgan fingerprint density at radius 2 is 1.78 bits per heavy atom. The number of nitrogens with one attached hydrogen (secondary N) is 2. The van der Waals surface area contributed by atoms with Crippen molar-refractivity contribution in [3.05, 3.63) is 76.8 Å². The van der Waals surface area contributed by atoms with E-state index in [4.69, 9.17) is 0 Å². The van der Waals surface area contributed by atoms with E-state index in [0.717, 1.165) is 27.5 Å². The quantitative estimate of drug-likeness (QED) is 0.324. The topological polar surface area (TPSA) is 112 Å². The van der Waals surface area contributed by atoms with Crippen LogP contribution in [-0.2, 0) is 9.59 Å². The SMILES string of the molecule is CCC(=O)c1csc(NC(=O)[C@H]([C@@H](C)c2ccccc2)N2C(=O)NC(c3ccc(N(C)C)cc3)C2=O)n1. The molecule has 37 heavy (non-hydrogen) atoms. The van der Waals surface area contributed by atoms with Gasteiger partial charge >= 0.3 is 6.03 Å². The van der Waals surface area contributed by atoms with Crippen molar-refractivity contribution in [2.75, 3.05) is 24.3 Å². The van der Waals surface area contributed by atoms with E-state index < -0.39 is 35.8 Å². The third-order valence-corrected chi connectivity index (χ3v) is 7.16. The number of hydrogen-bond acceptors (Lipinski definition) is 7. The number of hydrogen-bond donors (Lipinski definition) is 2. The van der Waals surface area contributed by atoms with Gasteiger partial charge in [-0.3, -0.25) is 14.4 Å². The molecule has 0 aliphatic carbocycles. The monoisotopic (exact) mass is 519 g/mol. The Labute approximate surface area is 219 Å². The molecule has 4 amide bonds. The van der Waals surface area contributed by atoms with Gasteiger partial charge in [0, 0.05) is 37.5 Å². The van der Waals surface area contributed by atoms with E-state index in [9.17, 15) is 19.2 Å². The van der Waals surface area contributed by atoms with Crippen molar-refractivity contribution >= 4 is 45.8 Å². The lowest BCUT2D eigenvalue weighted by atomic mass is 9.91. The first-order chi connectivity index (χ1) is 17.7. The van der Waals surface area contributed by atoms with Crippen LogP contribution in [0.2, 0.25) is 0 Å². The van der Waals surface area contributed by atoms with E-state index in [2.05, 4.69) is 15.6 Å². The average molecular weight is 520 g/mol. The molecule has 0 spiro atoms. The third-order valence-electron chi connectivity index (χ3n) is 6.40. The predicted octanol–water partition coefficient (Wildman–Crippen LogP) is 4.21. The van der Waals surface area contributed by atoms with E-state index in [-0.39, 0.29) is 16.6 Å². The summed E-state index contributed by atoms with van der Waals surface area (Å²) in [5, 5.41) is 7.27. The standard InChI is InChI=1S/C27H29N5O4S/c1-5-21(33)20-15-37-26(28-20)30-24(34)23(16(2)17-9-7-6-8-10-17)32-25(35)22(29-27(32)36)18-11-13-19(14-12-18)31(3)4/h6-16,22-23H,5H2,1-4H3,(H,29,36)(H,28,30,34)/t16-,22?,23-/m0/s1. The second-order valence-electron chi connectivity index (χ2n) is 9.02. The molecular formula is C27H29N5O4S. The fourth-order valence-electron chi connectivity index (χ4n) is 4.27. The van der Waals surface area contributed by atoms with Gasteiger partial charge in [0.2, 0.25) is 5.91 Å². The molecular weight excluding hydrogens is 490 g/mol. The fourth-order valence-corrected chi connectivity index (χ4v) is 4.99. The number of aromatic nitrogens is 1. The molecule has 192 valence electrons. The summed E-state index contributed by atoms with van der Waals surface area (Å²) in [6.45, 7) is 3.53. The minimum absolute atomic E-state index is 0.136. The van der Waals surface area contributed by atoms with Crippen LogP contribution in [0.15, 0.2) is 60.0 Å². The first-order valence-electron chi connectivity index (χ1n) is 12.0. The van der Waals surface area contributed by atoms with Gasteiger partial charge in [0.25, 0.3) is 5.91 Å². The molecule has 1 fully saturated rings. The van der Waals surface area contributed by atoms with Crippen LogP contribution in [-0.4, -0.2) is 53.6 Å². The third kappa shape index (κ3) is 5.39. The molecule has 0 bridgehead atoms. The van der Waals surface area contributed by atoms with Crippen LogP contribution in [0, 0.1) is 0 Å². The molecule has 0 radical (unpaired) electrons. The summed E-state index contributed by atoms with van der Waals surface area (Å²) in [4.78, 5) is 59.5. The van der Waals surface area contributed by atoms with Crippen LogP contribution in [0.1, 0.15) is 53.8 Å². The Hall–Kier alpha value is -4.05. The Kier molecular flexibility index (Phi) is 7.68. The van der Waals surface area contributed by atoms with E-state index >= 15 is 0 Å². The number of carbonyl (C=O) groups excluding carboxylic acids is 4. The molecule has 0 saturated carbocycles. The number of ketones is 1. The molecule has 9 nitrogen and oxygen atoms in total. The summed E-state index contributed by atoms with van der Waals surface area (Å²) in [5.74, 6) is -1.72. The van der Waals surface area contributed by atoms with Crippen molar-refractivity contribution in [2.45, 2.75) is 38.3 Å². The zero-order valence-electron chi connectivity index (χ0n) is 21.1. The Morgan fingerprint density at radius 1 is 1.11 bits per heavy atom. The zero-order valence-corrected chi connectivity index (χ0v) is 21.9. The van der Waals surface area contributed by atoms with Gasteiger partial charge in [-0.25, -0.2) is 14.7 Å². The number of thiazole rings is 1. The summed E-state index contributed by atoms with van der Waals surface area (Å²) in [6, 6.07) is 13.9. The van der Waals surface area contributed by atoms with Gasteiger partial charge < -0.3 is 15.5 Å². The van der Waals surface area contributed by atoms with Gasteiger partial charge in [-0.2, -0.15) is 0 Å². The number of benzene rings is 2. The van der Waals surface area contributed by atoms with Gasteiger partial charge in [0.05, 0.1) is 0 Å². The Morgan fingerprint density at radius 3 is 2.41 bits per heavy atom. The first kappa shape index (κ1) is 26.0. The van der Waals surface area contributed by atoms with Crippen molar-refractivity contribution < 1.29 is 19.2 Å². The summed E-state index contributed by atoms with van der Waals surface area (Å²) in [7, 11) is 3.83. The molecule has 4 rings (SSSR count). The van der Waals surface area contributed by atoms with E-state index in [1.165, 1.54) is 0 Å². The number of anilines is 2. The normalized spacial score (nSPS) is 16.8. The molecule has 1 saturated heterocycles. The molecule has 1 unspecified atom stereocenters. The van der Waals surface area contributed by atoms with Gasteiger partial charge in [-0.15, -0.1) is 11.3 Å². The number of rotatable bonds is 9. The number of Topliss-reactive ketones (excluding diaryl/α,β-unsaturated/α-hetero) is 1. The van der Waals surface area contributed by atoms with Gasteiger partial charge in [-0.1, -0.05) is 56.3 Å². The highest BCUT2D eigenvalue weighted by molar-refractivity contribution is 7.14. The number of imide groups is 1. The Balaban J connectivity index is 1.65. The van der Waals surface area contributed by atoms with E-state index in [1.807, 2.05) is 61.5 Å². The highest BCUT2D eigenvalue weighted by atomic mass is 32.1.